The van der Waals surface area contributed by atoms with Gasteiger partial charge in [0, 0.05) is 37.8 Å². The standard InChI is InChI=1S/C13H24N4O2S/c1-3-15(4-2)13(18)16-8-9-17(14-16)20-11-12-7-5-6-10-19-12/h8-9,12,14H,3-7,10-11H2,1-2H3. The van der Waals surface area contributed by atoms with Crippen LogP contribution in [0.3, 0.4) is 0 Å². The molecule has 1 fully saturated rings. The number of carbonyl (C=O) groups is 1. The molecule has 0 spiro atoms. The second-order valence-electron chi connectivity index (χ2n) is 4.83. The van der Waals surface area contributed by atoms with Crippen LogP contribution >= 0.6 is 11.9 Å². The number of urea groups is 1. The van der Waals surface area contributed by atoms with Gasteiger partial charge in [-0.2, -0.15) is 0 Å². The molecule has 2 aliphatic rings. The largest absolute Gasteiger partial charge is 0.377 e. The Morgan fingerprint density at radius 1 is 1.40 bits per heavy atom. The van der Waals surface area contributed by atoms with Crippen molar-refractivity contribution in [2.24, 2.45) is 0 Å². The Balaban J connectivity index is 1.72. The molecule has 1 unspecified atom stereocenters. The van der Waals surface area contributed by atoms with Crippen molar-refractivity contribution in [2.45, 2.75) is 39.2 Å². The summed E-state index contributed by atoms with van der Waals surface area (Å²) in [7, 11) is 0. The predicted molar refractivity (Wildman–Crippen MR) is 80.3 cm³/mol. The maximum absolute atomic E-state index is 12.1. The predicted octanol–water partition coefficient (Wildman–Crippen LogP) is 2.17. The first-order chi connectivity index (χ1) is 9.74. The molecule has 2 heterocycles. The number of nitrogens with one attached hydrogen (secondary N) is 1. The highest BCUT2D eigenvalue weighted by atomic mass is 32.2. The quantitative estimate of drug-likeness (QED) is 0.789. The third-order valence-electron chi connectivity index (χ3n) is 3.47. The van der Waals surface area contributed by atoms with Gasteiger partial charge in [-0.3, -0.25) is 0 Å². The van der Waals surface area contributed by atoms with Crippen molar-refractivity contribution < 1.29 is 9.53 Å². The van der Waals surface area contributed by atoms with Crippen LogP contribution in [0.5, 0.6) is 0 Å². The molecule has 0 aliphatic carbocycles. The number of hydrazine groups is 2. The van der Waals surface area contributed by atoms with Crippen LogP contribution in [0.15, 0.2) is 12.4 Å². The van der Waals surface area contributed by atoms with Gasteiger partial charge in [-0.05, 0) is 45.1 Å². The van der Waals surface area contributed by atoms with Crippen LogP contribution in [-0.4, -0.2) is 51.9 Å². The number of amides is 2. The number of ether oxygens (including phenoxy) is 1. The maximum Gasteiger partial charge on any atom is 0.340 e. The van der Waals surface area contributed by atoms with Crippen LogP contribution in [-0.2, 0) is 4.74 Å². The third kappa shape index (κ3) is 4.04. The van der Waals surface area contributed by atoms with Gasteiger partial charge >= 0.3 is 6.03 Å². The summed E-state index contributed by atoms with van der Waals surface area (Å²) in [5.41, 5.74) is 3.05. The van der Waals surface area contributed by atoms with Gasteiger partial charge in [0.2, 0.25) is 0 Å². The van der Waals surface area contributed by atoms with E-state index in [2.05, 4.69) is 5.53 Å². The molecule has 0 radical (unpaired) electrons. The second-order valence-corrected chi connectivity index (χ2v) is 5.82. The average molecular weight is 300 g/mol. The van der Waals surface area contributed by atoms with Crippen molar-refractivity contribution in [1.82, 2.24) is 19.9 Å². The van der Waals surface area contributed by atoms with Crippen molar-refractivity contribution in [2.75, 3.05) is 25.4 Å². The molecular weight excluding hydrogens is 276 g/mol. The van der Waals surface area contributed by atoms with E-state index in [0.29, 0.717) is 19.2 Å². The number of rotatable bonds is 5. The van der Waals surface area contributed by atoms with Crippen LogP contribution < -0.4 is 5.53 Å². The molecule has 0 bridgehead atoms. The molecular formula is C13H24N4O2S. The SMILES string of the molecule is CCN(CC)C(=O)N1C=CN(SCC2CCCCO2)N1. The molecule has 0 aromatic carbocycles. The first-order valence-corrected chi connectivity index (χ1v) is 8.25. The van der Waals surface area contributed by atoms with E-state index < -0.39 is 0 Å². The summed E-state index contributed by atoms with van der Waals surface area (Å²) in [6.45, 7) is 6.26. The molecule has 6 nitrogen and oxygen atoms in total. The second kappa shape index (κ2) is 7.75. The highest BCUT2D eigenvalue weighted by Gasteiger charge is 2.23. The van der Waals surface area contributed by atoms with Gasteiger partial charge in [0.25, 0.3) is 0 Å². The topological polar surface area (TPSA) is 48.1 Å². The van der Waals surface area contributed by atoms with Crippen LogP contribution in [0.4, 0.5) is 4.79 Å². The molecule has 0 saturated carbocycles. The molecule has 0 aromatic heterocycles. The Labute approximate surface area is 125 Å². The van der Waals surface area contributed by atoms with E-state index in [1.54, 1.807) is 23.0 Å². The lowest BCUT2D eigenvalue weighted by atomic mass is 10.1. The van der Waals surface area contributed by atoms with E-state index in [1.165, 1.54) is 17.9 Å². The fourth-order valence-corrected chi connectivity index (χ4v) is 3.10. The highest BCUT2D eigenvalue weighted by Crippen LogP contribution is 2.21. The Kier molecular flexibility index (Phi) is 6.00. The van der Waals surface area contributed by atoms with Crippen LogP contribution in [0.2, 0.25) is 0 Å². The summed E-state index contributed by atoms with van der Waals surface area (Å²) in [6, 6.07) is -0.0248. The molecule has 1 saturated heterocycles. The first kappa shape index (κ1) is 15.5. The molecule has 2 amide bonds. The molecule has 20 heavy (non-hydrogen) atoms. The molecule has 114 valence electrons. The van der Waals surface area contributed by atoms with Crippen LogP contribution in [0, 0.1) is 0 Å². The lowest BCUT2D eigenvalue weighted by Crippen LogP contribution is -2.47. The van der Waals surface area contributed by atoms with Crippen molar-refractivity contribution >= 4 is 18.0 Å². The van der Waals surface area contributed by atoms with Gasteiger partial charge in [0.05, 0.1) is 6.10 Å². The van der Waals surface area contributed by atoms with E-state index in [1.807, 2.05) is 24.5 Å². The Hall–Kier alpha value is -0.920. The number of nitrogens with zero attached hydrogens (tertiary/aromatic N) is 3. The zero-order valence-electron chi connectivity index (χ0n) is 12.2. The number of hydrogen-bond acceptors (Lipinski definition) is 5. The van der Waals surface area contributed by atoms with Gasteiger partial charge < -0.3 is 9.64 Å². The van der Waals surface area contributed by atoms with Crippen LogP contribution in [0.25, 0.3) is 0 Å². The van der Waals surface area contributed by atoms with Crippen molar-refractivity contribution in [1.29, 1.82) is 0 Å². The smallest absolute Gasteiger partial charge is 0.340 e. The number of hydrogen-bond donors (Lipinski definition) is 1. The third-order valence-corrected chi connectivity index (χ3v) is 4.47. The summed E-state index contributed by atoms with van der Waals surface area (Å²) in [6.07, 6.45) is 7.52. The summed E-state index contributed by atoms with van der Waals surface area (Å²) in [5, 5.41) is 1.52. The monoisotopic (exact) mass is 300 g/mol. The van der Waals surface area contributed by atoms with Gasteiger partial charge in [-0.15, -0.1) is 5.53 Å². The van der Waals surface area contributed by atoms with Gasteiger partial charge in [0.15, 0.2) is 0 Å². The highest BCUT2D eigenvalue weighted by molar-refractivity contribution is 7.97. The van der Waals surface area contributed by atoms with E-state index in [-0.39, 0.29) is 6.03 Å². The summed E-state index contributed by atoms with van der Waals surface area (Å²) in [5.74, 6) is 0.907. The summed E-state index contributed by atoms with van der Waals surface area (Å²) in [4.78, 5) is 13.9. The minimum atomic E-state index is -0.0248. The Morgan fingerprint density at radius 2 is 2.20 bits per heavy atom. The van der Waals surface area contributed by atoms with Gasteiger partial charge in [-0.1, -0.05) is 0 Å². The fraction of sp³-hybridized carbons (Fsp3) is 0.769. The van der Waals surface area contributed by atoms with Crippen molar-refractivity contribution in [3.05, 3.63) is 12.4 Å². The minimum Gasteiger partial charge on any atom is -0.377 e. The Bertz CT molecular complexity index is 343. The maximum atomic E-state index is 12.1. The minimum absolute atomic E-state index is 0.0248. The molecule has 0 aromatic rings. The van der Waals surface area contributed by atoms with Gasteiger partial charge in [0.1, 0.15) is 0 Å². The normalized spacial score (nSPS) is 22.4. The first-order valence-electron chi connectivity index (χ1n) is 7.31. The van der Waals surface area contributed by atoms with E-state index in [4.69, 9.17) is 4.74 Å². The molecule has 2 aliphatic heterocycles. The molecule has 7 heteroatoms. The van der Waals surface area contributed by atoms with E-state index in [0.717, 1.165) is 18.8 Å². The summed E-state index contributed by atoms with van der Waals surface area (Å²) < 4.78 is 7.56. The lowest BCUT2D eigenvalue weighted by Gasteiger charge is -2.27. The molecule has 1 N–H and O–H groups in total. The van der Waals surface area contributed by atoms with E-state index >= 15 is 0 Å². The van der Waals surface area contributed by atoms with Crippen LogP contribution in [0.1, 0.15) is 33.1 Å². The van der Waals surface area contributed by atoms with Gasteiger partial charge in [-0.25, -0.2) is 14.2 Å². The Morgan fingerprint density at radius 3 is 2.85 bits per heavy atom. The fourth-order valence-electron chi connectivity index (χ4n) is 2.23. The summed E-state index contributed by atoms with van der Waals surface area (Å²) >= 11 is 1.64. The van der Waals surface area contributed by atoms with Crippen molar-refractivity contribution in [3.8, 4) is 0 Å². The van der Waals surface area contributed by atoms with Crippen molar-refractivity contribution in [3.63, 3.8) is 0 Å². The zero-order chi connectivity index (χ0) is 14.4. The zero-order valence-corrected chi connectivity index (χ0v) is 13.1. The lowest BCUT2D eigenvalue weighted by molar-refractivity contribution is 0.0311. The molecule has 2 rings (SSSR count). The average Bonchev–Trinajstić information content (AvgIpc) is 2.96. The number of carbonyl (C=O) groups excluding carboxylic acids is 1. The molecule has 1 atom stereocenters. The van der Waals surface area contributed by atoms with E-state index in [9.17, 15) is 4.79 Å².